The molecule has 0 aromatic heterocycles. The van der Waals surface area contributed by atoms with Crippen molar-refractivity contribution in [2.75, 3.05) is 13.1 Å². The van der Waals surface area contributed by atoms with Gasteiger partial charge in [0.2, 0.25) is 7.44 Å². The molecule has 0 amide bonds. The molecule has 3 saturated heterocycles. The van der Waals surface area contributed by atoms with Gasteiger partial charge in [-0.05, 0) is 32.1 Å². The second kappa shape index (κ2) is 3.83. The van der Waals surface area contributed by atoms with Gasteiger partial charge < -0.3 is 0 Å². The minimum absolute atomic E-state index is 0.358. The van der Waals surface area contributed by atoms with Crippen LogP contribution in [-0.2, 0) is 4.57 Å². The third-order valence-electron chi connectivity index (χ3n) is 4.89. The van der Waals surface area contributed by atoms with Gasteiger partial charge in [-0.2, -0.15) is 0 Å². The molecule has 0 saturated carbocycles. The Hall–Kier alpha value is 0.150. The molecule has 0 aromatic rings. The van der Waals surface area contributed by atoms with Gasteiger partial charge in [0.25, 0.3) is 0 Å². The maximum atomic E-state index is 13.4. The first-order valence-electron chi connectivity index (χ1n) is 6.83. The van der Waals surface area contributed by atoms with Gasteiger partial charge in [-0.1, -0.05) is 13.8 Å². The van der Waals surface area contributed by atoms with Gasteiger partial charge in [-0.3, -0.25) is 4.57 Å². The number of hydrogen-bond donors (Lipinski definition) is 0. The summed E-state index contributed by atoms with van der Waals surface area (Å²) in [4.78, 5) is 0. The molecule has 3 nitrogen and oxygen atoms in total. The molecule has 3 atom stereocenters. The van der Waals surface area contributed by atoms with E-state index in [0.717, 1.165) is 19.5 Å². The van der Waals surface area contributed by atoms with Crippen molar-refractivity contribution in [3.63, 3.8) is 0 Å². The molecule has 0 bridgehead atoms. The summed E-state index contributed by atoms with van der Waals surface area (Å²) in [5.74, 6) is 0. The molecule has 3 unspecified atom stereocenters. The molecule has 0 spiro atoms. The Balaban J connectivity index is 1.99. The highest BCUT2D eigenvalue weighted by molar-refractivity contribution is 7.60. The normalized spacial score (nSPS) is 45.9. The largest absolute Gasteiger partial charge is 0.288 e. The highest BCUT2D eigenvalue weighted by atomic mass is 31.2. The highest BCUT2D eigenvalue weighted by Crippen LogP contribution is 2.68. The third kappa shape index (κ3) is 1.26. The van der Waals surface area contributed by atoms with Crippen LogP contribution in [0.5, 0.6) is 0 Å². The third-order valence-corrected chi connectivity index (χ3v) is 8.86. The summed E-state index contributed by atoms with van der Waals surface area (Å²) in [5, 5.41) is 0. The SMILES string of the molecule is CCC(C)P1(=O)N2CCCC2C2CCCN21. The molecule has 0 radical (unpaired) electrons. The molecule has 3 aliphatic rings. The molecular weight excluding hydrogens is 219 g/mol. The van der Waals surface area contributed by atoms with Crippen LogP contribution in [0.1, 0.15) is 46.0 Å². The Labute approximate surface area is 98.7 Å². The van der Waals surface area contributed by atoms with Crippen LogP contribution in [0.4, 0.5) is 0 Å². The first kappa shape index (κ1) is 11.3. The fourth-order valence-corrected chi connectivity index (χ4v) is 7.97. The lowest BCUT2D eigenvalue weighted by Crippen LogP contribution is -2.29. The van der Waals surface area contributed by atoms with Crippen LogP contribution in [0.3, 0.4) is 0 Å². The predicted octanol–water partition coefficient (Wildman–Crippen LogP) is 2.92. The molecular formula is C12H23N2OP. The van der Waals surface area contributed by atoms with E-state index in [2.05, 4.69) is 23.2 Å². The molecule has 92 valence electrons. The van der Waals surface area contributed by atoms with Crippen molar-refractivity contribution < 1.29 is 4.57 Å². The van der Waals surface area contributed by atoms with Crippen LogP contribution < -0.4 is 0 Å². The van der Waals surface area contributed by atoms with Gasteiger partial charge in [-0.25, -0.2) is 9.34 Å². The predicted molar refractivity (Wildman–Crippen MR) is 66.8 cm³/mol. The summed E-state index contributed by atoms with van der Waals surface area (Å²) in [6.07, 6.45) is 6.12. The summed E-state index contributed by atoms with van der Waals surface area (Å²) in [6.45, 7) is 6.54. The number of fused-ring (bicyclic) bond motifs is 3. The molecule has 3 heterocycles. The first-order chi connectivity index (χ1) is 7.69. The van der Waals surface area contributed by atoms with E-state index in [1.165, 1.54) is 25.7 Å². The van der Waals surface area contributed by atoms with E-state index in [0.29, 0.717) is 17.7 Å². The summed E-state index contributed by atoms with van der Waals surface area (Å²) in [5.41, 5.74) is 0.358. The van der Waals surface area contributed by atoms with Gasteiger partial charge >= 0.3 is 0 Å². The van der Waals surface area contributed by atoms with E-state index in [9.17, 15) is 4.57 Å². The van der Waals surface area contributed by atoms with Crippen LogP contribution in [0, 0.1) is 0 Å². The van der Waals surface area contributed by atoms with Crippen molar-refractivity contribution in [1.82, 2.24) is 9.34 Å². The fourth-order valence-electron chi connectivity index (χ4n) is 3.94. The van der Waals surface area contributed by atoms with E-state index in [1.54, 1.807) is 0 Å². The van der Waals surface area contributed by atoms with Crippen molar-refractivity contribution in [2.24, 2.45) is 0 Å². The van der Waals surface area contributed by atoms with Crippen molar-refractivity contribution >= 4 is 7.44 Å². The number of hydrogen-bond acceptors (Lipinski definition) is 1. The van der Waals surface area contributed by atoms with E-state index in [1.807, 2.05) is 0 Å². The maximum Gasteiger partial charge on any atom is 0.219 e. The van der Waals surface area contributed by atoms with Crippen molar-refractivity contribution in [1.29, 1.82) is 0 Å². The van der Waals surface area contributed by atoms with Crippen molar-refractivity contribution in [3.8, 4) is 0 Å². The molecule has 0 aromatic carbocycles. The second-order valence-corrected chi connectivity index (χ2v) is 8.68. The lowest BCUT2D eigenvalue weighted by atomic mass is 10.1. The molecule has 3 rings (SSSR count). The Morgan fingerprint density at radius 2 is 1.69 bits per heavy atom. The van der Waals surface area contributed by atoms with Gasteiger partial charge in [0, 0.05) is 30.8 Å². The average molecular weight is 242 g/mol. The van der Waals surface area contributed by atoms with E-state index in [-0.39, 0.29) is 0 Å². The van der Waals surface area contributed by atoms with E-state index in [4.69, 9.17) is 0 Å². The Morgan fingerprint density at radius 1 is 1.19 bits per heavy atom. The molecule has 3 aliphatic heterocycles. The molecule has 3 fully saturated rings. The van der Waals surface area contributed by atoms with E-state index < -0.39 is 7.44 Å². The second-order valence-electron chi connectivity index (χ2n) is 5.59. The lowest BCUT2D eigenvalue weighted by molar-refractivity contribution is 0.341. The summed E-state index contributed by atoms with van der Waals surface area (Å²) in [6, 6.07) is 1.25. The van der Waals surface area contributed by atoms with Gasteiger partial charge in [0.1, 0.15) is 0 Å². The quantitative estimate of drug-likeness (QED) is 0.696. The van der Waals surface area contributed by atoms with Crippen LogP contribution in [-0.4, -0.2) is 40.2 Å². The summed E-state index contributed by atoms with van der Waals surface area (Å²) < 4.78 is 18.2. The van der Waals surface area contributed by atoms with Crippen LogP contribution in [0.25, 0.3) is 0 Å². The van der Waals surface area contributed by atoms with Crippen LogP contribution in [0.2, 0.25) is 0 Å². The van der Waals surface area contributed by atoms with Crippen molar-refractivity contribution in [3.05, 3.63) is 0 Å². The van der Waals surface area contributed by atoms with E-state index >= 15 is 0 Å². The van der Waals surface area contributed by atoms with Gasteiger partial charge in [-0.15, -0.1) is 0 Å². The maximum absolute atomic E-state index is 13.4. The number of nitrogens with zero attached hydrogens (tertiary/aromatic N) is 2. The average Bonchev–Trinajstić information content (AvgIpc) is 2.95. The minimum Gasteiger partial charge on any atom is -0.288 e. The van der Waals surface area contributed by atoms with Gasteiger partial charge in [0.15, 0.2) is 0 Å². The zero-order chi connectivity index (χ0) is 11.3. The topological polar surface area (TPSA) is 23.6 Å². The highest BCUT2D eigenvalue weighted by Gasteiger charge is 2.58. The zero-order valence-electron chi connectivity index (χ0n) is 10.4. The standard InChI is InChI=1S/C12H23N2OP/c1-3-10(2)16(15)13-8-4-6-11(13)12-7-5-9-14(12)16/h10-12H,3-9H2,1-2H3. The molecule has 0 N–H and O–H groups in total. The lowest BCUT2D eigenvalue weighted by Gasteiger charge is -2.33. The van der Waals surface area contributed by atoms with Crippen LogP contribution in [0.15, 0.2) is 0 Å². The Kier molecular flexibility index (Phi) is 2.69. The number of rotatable bonds is 2. The molecule has 0 aliphatic carbocycles. The minimum atomic E-state index is -2.20. The van der Waals surface area contributed by atoms with Gasteiger partial charge in [0.05, 0.1) is 0 Å². The van der Waals surface area contributed by atoms with Crippen LogP contribution >= 0.6 is 7.44 Å². The Bertz CT molecular complexity index is 309. The smallest absolute Gasteiger partial charge is 0.219 e. The zero-order valence-corrected chi connectivity index (χ0v) is 11.3. The summed E-state index contributed by atoms with van der Waals surface area (Å²) in [7, 11) is -2.20. The monoisotopic (exact) mass is 242 g/mol. The fraction of sp³-hybridized carbons (Fsp3) is 1.00. The molecule has 16 heavy (non-hydrogen) atoms. The summed E-state index contributed by atoms with van der Waals surface area (Å²) >= 11 is 0. The Morgan fingerprint density at radius 3 is 2.12 bits per heavy atom. The van der Waals surface area contributed by atoms with Crippen molar-refractivity contribution in [2.45, 2.75) is 63.7 Å². The first-order valence-corrected chi connectivity index (χ1v) is 8.51. The molecule has 4 heteroatoms.